The number of pyridine rings is 1. The normalized spacial score (nSPS) is 10.8. The molecule has 19 heavy (non-hydrogen) atoms. The number of nitrogens with one attached hydrogen (secondary N) is 1. The molecule has 2 nitrogen and oxygen atoms in total. The molecular weight excluding hydrogens is 375 g/mol. The van der Waals surface area contributed by atoms with Crippen molar-refractivity contribution in [3.05, 3.63) is 52.8 Å². The van der Waals surface area contributed by atoms with Crippen LogP contribution in [-0.4, -0.2) is 4.98 Å². The van der Waals surface area contributed by atoms with Crippen molar-refractivity contribution >= 4 is 69.6 Å². The zero-order valence-corrected chi connectivity index (χ0v) is 13.4. The average molecular weight is 378 g/mol. The van der Waals surface area contributed by atoms with E-state index in [0.717, 1.165) is 0 Å². The van der Waals surface area contributed by atoms with E-state index in [2.05, 4.69) is 4.98 Å². The van der Waals surface area contributed by atoms with Crippen LogP contribution < -0.4 is 5.56 Å². The van der Waals surface area contributed by atoms with Crippen molar-refractivity contribution in [1.29, 1.82) is 0 Å². The summed E-state index contributed by atoms with van der Waals surface area (Å²) in [4.78, 5) is 13.8. The number of hydrogen-bond acceptors (Lipinski definition) is 1. The third-order valence-electron chi connectivity index (χ3n) is 2.35. The van der Waals surface area contributed by atoms with E-state index in [-0.39, 0.29) is 41.3 Å². The number of aromatic amines is 1. The molecular formula is C11H3Cl6NO. The third-order valence-corrected chi connectivity index (χ3v) is 4.94. The highest BCUT2D eigenvalue weighted by molar-refractivity contribution is 6.56. The van der Waals surface area contributed by atoms with Gasteiger partial charge >= 0.3 is 0 Å². The lowest BCUT2D eigenvalue weighted by atomic mass is 10.1. The largest absolute Gasteiger partial charge is 0.328 e. The van der Waals surface area contributed by atoms with Gasteiger partial charge in [-0.1, -0.05) is 69.6 Å². The van der Waals surface area contributed by atoms with E-state index in [1.807, 2.05) is 0 Å². The SMILES string of the molecule is O=c1cc(-c2c(Cl)c(Cl)c(Cl)c(Cl)c2Cl)c(Cl)c[nH]1. The molecule has 2 rings (SSSR count). The zero-order chi connectivity index (χ0) is 14.3. The number of H-pyrrole nitrogens is 1. The molecule has 2 aromatic rings. The Morgan fingerprint density at radius 2 is 1.26 bits per heavy atom. The smallest absolute Gasteiger partial charge is 0.248 e. The number of hydrogen-bond donors (Lipinski definition) is 1. The van der Waals surface area contributed by atoms with Crippen LogP contribution in [0.2, 0.25) is 30.1 Å². The molecule has 0 spiro atoms. The minimum Gasteiger partial charge on any atom is -0.328 e. The van der Waals surface area contributed by atoms with Gasteiger partial charge in [0, 0.05) is 23.4 Å². The van der Waals surface area contributed by atoms with Crippen LogP contribution >= 0.6 is 69.6 Å². The molecule has 1 aromatic carbocycles. The molecule has 0 fully saturated rings. The van der Waals surface area contributed by atoms with Crippen LogP contribution in [0.1, 0.15) is 0 Å². The highest BCUT2D eigenvalue weighted by Gasteiger charge is 2.22. The Kier molecular flexibility index (Phi) is 4.61. The first-order valence-corrected chi connectivity index (χ1v) is 7.01. The van der Waals surface area contributed by atoms with Crippen molar-refractivity contribution in [3.63, 3.8) is 0 Å². The first-order valence-electron chi connectivity index (χ1n) is 4.74. The van der Waals surface area contributed by atoms with Crippen molar-refractivity contribution in [2.24, 2.45) is 0 Å². The predicted molar refractivity (Wildman–Crippen MR) is 82.6 cm³/mol. The monoisotopic (exact) mass is 375 g/mol. The minimum absolute atomic E-state index is 0.0445. The fourth-order valence-corrected chi connectivity index (χ4v) is 3.03. The summed E-state index contributed by atoms with van der Waals surface area (Å²) in [6.45, 7) is 0. The van der Waals surface area contributed by atoms with Gasteiger partial charge in [0.1, 0.15) is 0 Å². The van der Waals surface area contributed by atoms with Gasteiger partial charge in [-0.05, 0) is 0 Å². The Morgan fingerprint density at radius 3 is 1.79 bits per heavy atom. The van der Waals surface area contributed by atoms with Crippen LogP contribution in [0.5, 0.6) is 0 Å². The third kappa shape index (κ3) is 2.71. The van der Waals surface area contributed by atoms with Gasteiger partial charge in [0.25, 0.3) is 0 Å². The lowest BCUT2D eigenvalue weighted by molar-refractivity contribution is 1.24. The van der Waals surface area contributed by atoms with Gasteiger partial charge in [-0.15, -0.1) is 0 Å². The molecule has 0 amide bonds. The topological polar surface area (TPSA) is 32.9 Å². The van der Waals surface area contributed by atoms with Crippen LogP contribution in [0.15, 0.2) is 17.1 Å². The summed E-state index contributed by atoms with van der Waals surface area (Å²) in [5, 5.41) is 0.538. The highest BCUT2D eigenvalue weighted by Crippen LogP contribution is 2.49. The summed E-state index contributed by atoms with van der Waals surface area (Å²) >= 11 is 36.0. The molecule has 0 unspecified atom stereocenters. The second kappa shape index (κ2) is 5.72. The molecule has 0 aliphatic rings. The van der Waals surface area contributed by atoms with Gasteiger partial charge in [0.05, 0.1) is 30.1 Å². The zero-order valence-electron chi connectivity index (χ0n) is 8.83. The number of rotatable bonds is 1. The summed E-state index contributed by atoms with van der Waals surface area (Å²) in [5.41, 5.74) is 0.216. The van der Waals surface area contributed by atoms with E-state index >= 15 is 0 Å². The molecule has 100 valence electrons. The average Bonchev–Trinajstić information content (AvgIpc) is 2.38. The number of aromatic nitrogens is 1. The van der Waals surface area contributed by atoms with Gasteiger partial charge in [0.15, 0.2) is 0 Å². The quantitative estimate of drug-likeness (QED) is 0.482. The molecule has 0 aliphatic heterocycles. The molecule has 0 saturated carbocycles. The Bertz CT molecular complexity index is 695. The minimum atomic E-state index is -0.367. The molecule has 1 N–H and O–H groups in total. The summed E-state index contributed by atoms with van der Waals surface area (Å²) in [6, 6.07) is 1.25. The van der Waals surface area contributed by atoms with Crippen LogP contribution in [0.25, 0.3) is 11.1 Å². The molecule has 0 bridgehead atoms. The standard InChI is InChI=1S/C11H3Cl6NO/c12-4-2-18-5(19)1-3(4)6-7(13)9(15)11(17)10(16)8(6)14/h1-2H,(H,18,19). The van der Waals surface area contributed by atoms with E-state index in [9.17, 15) is 4.79 Å². The molecule has 0 radical (unpaired) electrons. The Morgan fingerprint density at radius 1 is 0.789 bits per heavy atom. The summed E-state index contributed by atoms with van der Waals surface area (Å²) in [7, 11) is 0. The Hall–Kier alpha value is -0.0900. The van der Waals surface area contributed by atoms with Gasteiger partial charge in [-0.3, -0.25) is 4.79 Å². The highest BCUT2D eigenvalue weighted by atomic mass is 35.5. The fourth-order valence-electron chi connectivity index (χ4n) is 1.49. The first-order chi connectivity index (χ1) is 8.84. The van der Waals surface area contributed by atoms with Crippen LogP contribution in [0.4, 0.5) is 0 Å². The molecule has 1 aromatic heterocycles. The van der Waals surface area contributed by atoms with Crippen molar-refractivity contribution in [1.82, 2.24) is 4.98 Å². The second-order valence-corrected chi connectivity index (χ2v) is 5.80. The molecule has 1 heterocycles. The lowest BCUT2D eigenvalue weighted by Crippen LogP contribution is -2.03. The van der Waals surface area contributed by atoms with Crippen molar-refractivity contribution in [2.45, 2.75) is 0 Å². The molecule has 0 aliphatic carbocycles. The van der Waals surface area contributed by atoms with E-state index < -0.39 is 0 Å². The predicted octanol–water partition coefficient (Wildman–Crippen LogP) is 5.96. The van der Waals surface area contributed by atoms with Crippen LogP contribution in [-0.2, 0) is 0 Å². The molecule has 0 atom stereocenters. The van der Waals surface area contributed by atoms with Gasteiger partial charge in [0.2, 0.25) is 5.56 Å². The first kappa shape index (κ1) is 15.3. The Labute approximate surface area is 138 Å². The fraction of sp³-hybridized carbons (Fsp3) is 0. The van der Waals surface area contributed by atoms with Gasteiger partial charge in [-0.25, -0.2) is 0 Å². The summed E-state index contributed by atoms with van der Waals surface area (Å²) in [5.74, 6) is 0. The molecule has 8 heteroatoms. The van der Waals surface area contributed by atoms with Crippen LogP contribution in [0.3, 0.4) is 0 Å². The van der Waals surface area contributed by atoms with Crippen molar-refractivity contribution in [3.8, 4) is 11.1 Å². The molecule has 0 saturated heterocycles. The lowest BCUT2D eigenvalue weighted by Gasteiger charge is -2.13. The summed E-state index contributed by atoms with van der Waals surface area (Å²) < 4.78 is 0. The number of halogens is 6. The van der Waals surface area contributed by atoms with E-state index in [1.165, 1.54) is 12.3 Å². The summed E-state index contributed by atoms with van der Waals surface area (Å²) in [6.07, 6.45) is 1.32. The van der Waals surface area contributed by atoms with Crippen molar-refractivity contribution < 1.29 is 0 Å². The number of benzene rings is 1. The van der Waals surface area contributed by atoms with Crippen LogP contribution in [0, 0.1) is 0 Å². The van der Waals surface area contributed by atoms with E-state index in [0.29, 0.717) is 5.56 Å². The van der Waals surface area contributed by atoms with E-state index in [1.54, 1.807) is 0 Å². The maximum atomic E-state index is 11.4. The van der Waals surface area contributed by atoms with Gasteiger partial charge < -0.3 is 4.98 Å². The van der Waals surface area contributed by atoms with E-state index in [4.69, 9.17) is 69.6 Å². The Balaban J connectivity index is 2.91. The second-order valence-electron chi connectivity index (χ2n) is 3.50. The maximum Gasteiger partial charge on any atom is 0.248 e. The van der Waals surface area contributed by atoms with Crippen molar-refractivity contribution in [2.75, 3.05) is 0 Å². The van der Waals surface area contributed by atoms with Gasteiger partial charge in [-0.2, -0.15) is 0 Å². The maximum absolute atomic E-state index is 11.4.